The van der Waals surface area contributed by atoms with Crippen LogP contribution in [0.15, 0.2) is 12.1 Å². The summed E-state index contributed by atoms with van der Waals surface area (Å²) in [5.41, 5.74) is 4.78. The van der Waals surface area contributed by atoms with Gasteiger partial charge in [-0.15, -0.1) is 5.10 Å². The maximum absolute atomic E-state index is 12.9. The van der Waals surface area contributed by atoms with Crippen LogP contribution in [0.4, 0.5) is 13.2 Å². The number of carbonyl (C=O) groups is 2. The Kier molecular flexibility index (Phi) is 6.58. The minimum atomic E-state index is -4.69. The molecule has 0 saturated carbocycles. The molecule has 0 N–H and O–H groups in total. The van der Waals surface area contributed by atoms with Crippen LogP contribution < -0.4 is 0 Å². The quantitative estimate of drug-likeness (QED) is 0.398. The van der Waals surface area contributed by atoms with Crippen molar-refractivity contribution in [1.29, 1.82) is 0 Å². The minimum absolute atomic E-state index is 0.0702. The Balaban J connectivity index is 1.71. The predicted octanol–water partition coefficient (Wildman–Crippen LogP) is 4.43. The van der Waals surface area contributed by atoms with Crippen LogP contribution in [0.25, 0.3) is 5.78 Å². The molecule has 176 valence electrons. The van der Waals surface area contributed by atoms with Gasteiger partial charge in [0, 0.05) is 23.4 Å². The zero-order valence-corrected chi connectivity index (χ0v) is 19.3. The summed E-state index contributed by atoms with van der Waals surface area (Å²) in [6.45, 7) is 10.4. The first-order valence-corrected chi connectivity index (χ1v) is 10.4. The fraction of sp³-hybridized carbons (Fsp3) is 0.435. The summed E-state index contributed by atoms with van der Waals surface area (Å²) in [4.78, 5) is 32.7. The van der Waals surface area contributed by atoms with Gasteiger partial charge in [-0.05, 0) is 76.3 Å². The van der Waals surface area contributed by atoms with E-state index in [0.29, 0.717) is 22.5 Å². The monoisotopic (exact) mass is 462 g/mol. The van der Waals surface area contributed by atoms with Crippen LogP contribution in [0.2, 0.25) is 0 Å². The maximum Gasteiger partial charge on any atom is 0.453 e. The number of nitrogens with zero attached hydrogens (tertiary/aromatic N) is 4. The molecule has 0 aliphatic rings. The Hall–Kier alpha value is -3.30. The van der Waals surface area contributed by atoms with Crippen LogP contribution in [0.1, 0.15) is 63.2 Å². The van der Waals surface area contributed by atoms with Gasteiger partial charge in [-0.3, -0.25) is 9.59 Å². The molecular formula is C23H25F3N4O3. The Bertz CT molecular complexity index is 1250. The molecule has 7 nitrogen and oxygen atoms in total. The van der Waals surface area contributed by atoms with E-state index in [-0.39, 0.29) is 24.4 Å². The summed E-state index contributed by atoms with van der Waals surface area (Å²) >= 11 is 0. The van der Waals surface area contributed by atoms with E-state index in [1.54, 1.807) is 19.9 Å². The summed E-state index contributed by atoms with van der Waals surface area (Å²) in [7, 11) is 0. The van der Waals surface area contributed by atoms with Gasteiger partial charge in [0.1, 0.15) is 0 Å². The Morgan fingerprint density at radius 3 is 2.30 bits per heavy atom. The van der Waals surface area contributed by atoms with Crippen molar-refractivity contribution in [3.63, 3.8) is 0 Å². The molecule has 10 heteroatoms. The van der Waals surface area contributed by atoms with E-state index < -0.39 is 24.1 Å². The van der Waals surface area contributed by atoms with Crippen LogP contribution in [0, 0.1) is 34.6 Å². The summed E-state index contributed by atoms with van der Waals surface area (Å²) in [6.07, 6.45) is -5.55. The van der Waals surface area contributed by atoms with E-state index in [4.69, 9.17) is 4.74 Å². The number of hydrogen-bond acceptors (Lipinski definition) is 6. The van der Waals surface area contributed by atoms with Crippen molar-refractivity contribution < 1.29 is 27.5 Å². The molecule has 1 atom stereocenters. The van der Waals surface area contributed by atoms with Crippen molar-refractivity contribution in [2.75, 3.05) is 0 Å². The standard InChI is InChI=1S/C23H25F3N4O3/c1-11-9-13(3)18(10-12(11)2)20(32)16(6)33-19(31)8-7-17-14(4)27-22-28-21(23(24,25)26)29-30(22)15(17)5/h9-10,16H,7-8H2,1-6H3. The lowest BCUT2D eigenvalue weighted by molar-refractivity contribution is -0.146. The summed E-state index contributed by atoms with van der Waals surface area (Å²) in [5, 5.41) is 3.50. The zero-order chi connectivity index (χ0) is 24.7. The van der Waals surface area contributed by atoms with Crippen LogP contribution in [-0.4, -0.2) is 37.4 Å². The van der Waals surface area contributed by atoms with Crippen molar-refractivity contribution in [2.45, 2.75) is 66.7 Å². The summed E-state index contributed by atoms with van der Waals surface area (Å²) in [5.74, 6) is -2.32. The predicted molar refractivity (Wildman–Crippen MR) is 114 cm³/mol. The lowest BCUT2D eigenvalue weighted by Gasteiger charge is -2.16. The van der Waals surface area contributed by atoms with Gasteiger partial charge in [-0.1, -0.05) is 6.07 Å². The van der Waals surface area contributed by atoms with E-state index in [1.165, 1.54) is 6.92 Å². The molecule has 0 aliphatic heterocycles. The highest BCUT2D eigenvalue weighted by Gasteiger charge is 2.37. The third kappa shape index (κ3) is 5.04. The fourth-order valence-corrected chi connectivity index (χ4v) is 3.67. The largest absolute Gasteiger partial charge is 0.454 e. The third-order valence-corrected chi connectivity index (χ3v) is 5.67. The number of alkyl halides is 3. The van der Waals surface area contributed by atoms with Crippen molar-refractivity contribution in [1.82, 2.24) is 19.6 Å². The Morgan fingerprint density at radius 1 is 1.03 bits per heavy atom. The first kappa shape index (κ1) is 24.3. The highest BCUT2D eigenvalue weighted by atomic mass is 19.4. The highest BCUT2D eigenvalue weighted by molar-refractivity contribution is 6.01. The second-order valence-electron chi connectivity index (χ2n) is 8.15. The summed E-state index contributed by atoms with van der Waals surface area (Å²) in [6, 6.07) is 3.71. The molecule has 0 amide bonds. The number of hydrogen-bond donors (Lipinski definition) is 0. The molecule has 33 heavy (non-hydrogen) atoms. The average Bonchev–Trinajstić information content (AvgIpc) is 3.14. The smallest absolute Gasteiger partial charge is 0.453 e. The molecule has 1 unspecified atom stereocenters. The molecule has 2 aromatic heterocycles. The van der Waals surface area contributed by atoms with Crippen molar-refractivity contribution in [3.8, 4) is 0 Å². The van der Waals surface area contributed by atoms with Gasteiger partial charge in [0.2, 0.25) is 5.78 Å². The van der Waals surface area contributed by atoms with Gasteiger partial charge in [-0.25, -0.2) is 9.50 Å². The molecule has 1 aromatic carbocycles. The number of halogens is 3. The van der Waals surface area contributed by atoms with Crippen molar-refractivity contribution in [3.05, 3.63) is 57.2 Å². The van der Waals surface area contributed by atoms with Gasteiger partial charge in [0.05, 0.1) is 0 Å². The number of aromatic nitrogens is 4. The maximum atomic E-state index is 12.9. The van der Waals surface area contributed by atoms with Gasteiger partial charge in [-0.2, -0.15) is 18.2 Å². The Morgan fingerprint density at radius 2 is 1.67 bits per heavy atom. The number of fused-ring (bicyclic) bond motifs is 1. The number of ether oxygens (including phenoxy) is 1. The summed E-state index contributed by atoms with van der Waals surface area (Å²) < 4.78 is 45.2. The molecule has 0 radical (unpaired) electrons. The molecule has 0 aliphatic carbocycles. The molecule has 2 heterocycles. The first-order chi connectivity index (χ1) is 15.3. The number of ketones is 1. The third-order valence-electron chi connectivity index (χ3n) is 5.67. The number of Topliss-reactive ketones (excluding diaryl/α,β-unsaturated/α-hetero) is 1. The topological polar surface area (TPSA) is 86.5 Å². The van der Waals surface area contributed by atoms with Gasteiger partial charge in [0.15, 0.2) is 6.10 Å². The molecule has 3 rings (SSSR count). The van der Waals surface area contributed by atoms with Crippen LogP contribution in [0.3, 0.4) is 0 Å². The Labute approximate surface area is 189 Å². The zero-order valence-electron chi connectivity index (χ0n) is 19.3. The number of carbonyl (C=O) groups excluding carboxylic acids is 2. The SMILES string of the molecule is Cc1cc(C)c(C(=O)C(C)OC(=O)CCc2c(C)nc3nc(C(F)(F)F)nn3c2C)cc1C. The van der Waals surface area contributed by atoms with Gasteiger partial charge in [0.25, 0.3) is 11.6 Å². The number of esters is 1. The van der Waals surface area contributed by atoms with Gasteiger partial charge >= 0.3 is 12.1 Å². The first-order valence-electron chi connectivity index (χ1n) is 10.4. The van der Waals surface area contributed by atoms with E-state index >= 15 is 0 Å². The molecular weight excluding hydrogens is 437 g/mol. The molecule has 0 bridgehead atoms. The van der Waals surface area contributed by atoms with Crippen LogP contribution >= 0.6 is 0 Å². The second kappa shape index (κ2) is 8.92. The molecule has 3 aromatic rings. The lowest BCUT2D eigenvalue weighted by Crippen LogP contribution is -2.25. The normalized spacial score (nSPS) is 12.8. The fourth-order valence-electron chi connectivity index (χ4n) is 3.67. The molecule has 0 fully saturated rings. The van der Waals surface area contributed by atoms with E-state index in [1.807, 2.05) is 26.8 Å². The molecule has 0 saturated heterocycles. The van der Waals surface area contributed by atoms with Gasteiger partial charge < -0.3 is 4.74 Å². The van der Waals surface area contributed by atoms with Crippen molar-refractivity contribution in [2.24, 2.45) is 0 Å². The van der Waals surface area contributed by atoms with Crippen LogP contribution in [-0.2, 0) is 22.1 Å². The lowest BCUT2D eigenvalue weighted by atomic mass is 9.96. The number of rotatable bonds is 6. The number of benzene rings is 1. The van der Waals surface area contributed by atoms with Crippen LogP contribution in [0.5, 0.6) is 0 Å². The van der Waals surface area contributed by atoms with Crippen molar-refractivity contribution >= 4 is 17.5 Å². The average molecular weight is 462 g/mol. The van der Waals surface area contributed by atoms with E-state index in [0.717, 1.165) is 21.2 Å². The minimum Gasteiger partial charge on any atom is -0.454 e. The van der Waals surface area contributed by atoms with E-state index in [9.17, 15) is 22.8 Å². The van der Waals surface area contributed by atoms with E-state index in [2.05, 4.69) is 15.1 Å². The molecule has 0 spiro atoms. The second-order valence-corrected chi connectivity index (χ2v) is 8.15. The number of aryl methyl sites for hydroxylation is 5. The highest BCUT2D eigenvalue weighted by Crippen LogP contribution is 2.27.